The molecule has 4 bridgehead atoms. The molecule has 26 heavy (non-hydrogen) atoms. The average Bonchev–Trinajstić information content (AvgIpc) is 2.50. The van der Waals surface area contributed by atoms with Gasteiger partial charge in [-0.15, -0.1) is 0 Å². The maximum Gasteiger partial charge on any atom is 0.341 e. The minimum Gasteiger partial charge on any atom is -0.465 e. The van der Waals surface area contributed by atoms with Crippen LogP contribution in [-0.4, -0.2) is 39.3 Å². The van der Waals surface area contributed by atoms with Crippen LogP contribution in [0.4, 0.5) is 5.95 Å². The summed E-state index contributed by atoms with van der Waals surface area (Å²) in [6, 6.07) is 0. The fourth-order valence-corrected chi connectivity index (χ4v) is 5.87. The molecular weight excluding hydrogens is 330 g/mol. The summed E-state index contributed by atoms with van der Waals surface area (Å²) in [5.74, 6) is 1.31. The van der Waals surface area contributed by atoms with Gasteiger partial charge in [-0.05, 0) is 50.4 Å². The zero-order valence-corrected chi connectivity index (χ0v) is 16.1. The molecule has 4 aliphatic rings. The van der Waals surface area contributed by atoms with E-state index in [1.165, 1.54) is 13.5 Å². The minimum absolute atomic E-state index is 0.124. The number of hydrogen-bond donors (Lipinski definition) is 2. The summed E-state index contributed by atoms with van der Waals surface area (Å²) in [5, 5.41) is 14.5. The molecule has 2 N–H and O–H groups in total. The van der Waals surface area contributed by atoms with Gasteiger partial charge >= 0.3 is 5.97 Å². The van der Waals surface area contributed by atoms with Gasteiger partial charge in [-0.2, -0.15) is 0 Å². The van der Waals surface area contributed by atoms with Crippen LogP contribution in [0.1, 0.15) is 75.3 Å². The molecule has 0 radical (unpaired) electrons. The fraction of sp³-hybridized carbons (Fsp3) is 0.750. The molecule has 0 aromatic carbocycles. The number of aromatic nitrogens is 2. The summed E-state index contributed by atoms with van der Waals surface area (Å²) in [6.45, 7) is 6.08. The third-order valence-corrected chi connectivity index (χ3v) is 6.31. The molecule has 142 valence electrons. The first kappa shape index (κ1) is 17.7. The molecule has 4 aliphatic carbocycles. The Morgan fingerprint density at radius 3 is 2.46 bits per heavy atom. The van der Waals surface area contributed by atoms with E-state index >= 15 is 0 Å². The van der Waals surface area contributed by atoms with Crippen LogP contribution in [0.25, 0.3) is 0 Å². The molecule has 2 atom stereocenters. The molecule has 0 saturated heterocycles. The van der Waals surface area contributed by atoms with Crippen LogP contribution in [0.5, 0.6) is 0 Å². The van der Waals surface area contributed by atoms with Gasteiger partial charge in [0.1, 0.15) is 5.56 Å². The van der Waals surface area contributed by atoms with E-state index < -0.39 is 11.6 Å². The van der Waals surface area contributed by atoms with Gasteiger partial charge < -0.3 is 15.2 Å². The third-order valence-electron chi connectivity index (χ3n) is 6.31. The molecule has 0 aliphatic heterocycles. The second-order valence-corrected chi connectivity index (χ2v) is 9.79. The minimum atomic E-state index is -0.532. The van der Waals surface area contributed by atoms with Gasteiger partial charge in [-0.3, -0.25) is 0 Å². The maximum atomic E-state index is 12.1. The maximum absolute atomic E-state index is 12.1. The van der Waals surface area contributed by atoms with Crippen molar-refractivity contribution >= 4 is 11.9 Å². The van der Waals surface area contributed by atoms with Crippen LogP contribution >= 0.6 is 0 Å². The first-order valence-electron chi connectivity index (χ1n) is 9.58. The summed E-state index contributed by atoms with van der Waals surface area (Å²) >= 11 is 0. The van der Waals surface area contributed by atoms with Crippen LogP contribution < -0.4 is 5.32 Å². The number of methoxy groups -OCH3 is 1. The van der Waals surface area contributed by atoms with Gasteiger partial charge in [0.15, 0.2) is 0 Å². The van der Waals surface area contributed by atoms with Crippen LogP contribution in [0.2, 0.25) is 0 Å². The number of hydrogen-bond acceptors (Lipinski definition) is 6. The highest BCUT2D eigenvalue weighted by Crippen LogP contribution is 2.58. The monoisotopic (exact) mass is 359 g/mol. The van der Waals surface area contributed by atoms with Gasteiger partial charge in [-0.1, -0.05) is 20.8 Å². The highest BCUT2D eigenvalue weighted by Gasteiger charge is 2.57. The number of nitrogens with one attached hydrogen (secondary N) is 1. The van der Waals surface area contributed by atoms with E-state index in [1.54, 1.807) is 6.20 Å². The number of aliphatic hydroxyl groups is 1. The fourth-order valence-electron chi connectivity index (χ4n) is 5.87. The Morgan fingerprint density at radius 2 is 1.92 bits per heavy atom. The number of carbonyl (C=O) groups excluding carboxylic acids is 1. The topological polar surface area (TPSA) is 84.3 Å². The predicted octanol–water partition coefficient (Wildman–Crippen LogP) is 3.06. The second kappa shape index (κ2) is 5.65. The van der Waals surface area contributed by atoms with Gasteiger partial charge in [0, 0.05) is 17.2 Å². The Morgan fingerprint density at radius 1 is 1.27 bits per heavy atom. The van der Waals surface area contributed by atoms with E-state index in [-0.39, 0.29) is 11.0 Å². The zero-order valence-electron chi connectivity index (χ0n) is 16.1. The van der Waals surface area contributed by atoms with Gasteiger partial charge in [0.2, 0.25) is 5.95 Å². The molecule has 1 heterocycles. The number of rotatable bonds is 3. The van der Waals surface area contributed by atoms with Crippen LogP contribution in [0.15, 0.2) is 6.20 Å². The first-order chi connectivity index (χ1) is 12.1. The summed E-state index contributed by atoms with van der Waals surface area (Å²) in [5.41, 5.74) is 0.138. The number of ether oxygens (including phenoxy) is 1. The smallest absolute Gasteiger partial charge is 0.341 e. The highest BCUT2D eigenvalue weighted by atomic mass is 16.5. The molecule has 0 amide bonds. The molecule has 6 nitrogen and oxygen atoms in total. The largest absolute Gasteiger partial charge is 0.465 e. The van der Waals surface area contributed by atoms with Gasteiger partial charge in [-0.25, -0.2) is 14.8 Å². The Balaban J connectivity index is 1.66. The van der Waals surface area contributed by atoms with E-state index in [0.29, 0.717) is 29.0 Å². The van der Waals surface area contributed by atoms with Crippen molar-refractivity contribution < 1.29 is 14.6 Å². The van der Waals surface area contributed by atoms with Crippen molar-refractivity contribution in [3.8, 4) is 0 Å². The molecule has 1 aromatic heterocycles. The predicted molar refractivity (Wildman–Crippen MR) is 98.1 cm³/mol. The molecule has 1 aromatic rings. The lowest BCUT2D eigenvalue weighted by molar-refractivity contribution is -0.127. The SMILES string of the molecule is COC(=O)c1cnc(NC23CC4CC(CC(O)(C4)C2)C3)nc1C(C)(C)C. The van der Waals surface area contributed by atoms with Gasteiger partial charge in [0.05, 0.1) is 18.4 Å². The van der Waals surface area contributed by atoms with Crippen molar-refractivity contribution in [3.63, 3.8) is 0 Å². The molecule has 4 saturated carbocycles. The average molecular weight is 359 g/mol. The standard InChI is InChI=1S/C20H29N3O3/c1-18(2,3)15-14(16(24)26-4)10-21-17(22-15)23-19-6-12-5-13(7-19)9-20(25,8-12)11-19/h10,12-13,25H,5-9,11H2,1-4H3,(H,21,22,23). The van der Waals surface area contributed by atoms with E-state index in [9.17, 15) is 9.90 Å². The van der Waals surface area contributed by atoms with E-state index in [1.807, 2.05) is 20.8 Å². The van der Waals surface area contributed by atoms with Crippen LogP contribution in [0, 0.1) is 11.8 Å². The summed E-state index contributed by atoms with van der Waals surface area (Å²) in [4.78, 5) is 21.2. The Bertz CT molecular complexity index is 726. The van der Waals surface area contributed by atoms with Crippen molar-refractivity contribution in [3.05, 3.63) is 17.5 Å². The third kappa shape index (κ3) is 2.98. The lowest BCUT2D eigenvalue weighted by Gasteiger charge is -2.60. The number of anilines is 1. The van der Waals surface area contributed by atoms with Crippen molar-refractivity contribution in [1.29, 1.82) is 0 Å². The zero-order chi connectivity index (χ0) is 18.7. The number of carbonyl (C=O) groups is 1. The normalized spacial score (nSPS) is 35.4. The molecule has 0 spiro atoms. The van der Waals surface area contributed by atoms with Crippen LogP contribution in [0.3, 0.4) is 0 Å². The summed E-state index contributed by atoms with van der Waals surface area (Å²) in [7, 11) is 1.37. The summed E-state index contributed by atoms with van der Waals surface area (Å²) < 4.78 is 4.89. The molecular formula is C20H29N3O3. The molecule has 5 rings (SSSR count). The lowest BCUT2D eigenvalue weighted by Crippen LogP contribution is -2.62. The Kier molecular flexibility index (Phi) is 3.85. The Hall–Kier alpha value is -1.69. The van der Waals surface area contributed by atoms with Crippen molar-refractivity contribution in [2.45, 2.75) is 75.9 Å². The number of esters is 1. The van der Waals surface area contributed by atoms with E-state index in [2.05, 4.69) is 10.3 Å². The van der Waals surface area contributed by atoms with Crippen molar-refractivity contribution in [2.75, 3.05) is 12.4 Å². The second-order valence-electron chi connectivity index (χ2n) is 9.79. The van der Waals surface area contributed by atoms with Crippen molar-refractivity contribution in [2.24, 2.45) is 11.8 Å². The summed E-state index contributed by atoms with van der Waals surface area (Å²) in [6.07, 6.45) is 7.57. The molecule has 4 fully saturated rings. The first-order valence-corrected chi connectivity index (χ1v) is 9.58. The van der Waals surface area contributed by atoms with E-state index in [4.69, 9.17) is 9.72 Å². The lowest BCUT2D eigenvalue weighted by atomic mass is 9.51. The van der Waals surface area contributed by atoms with E-state index in [0.717, 1.165) is 32.1 Å². The highest BCUT2D eigenvalue weighted by molar-refractivity contribution is 5.90. The number of nitrogens with zero attached hydrogens (tertiary/aromatic N) is 2. The molecule has 2 unspecified atom stereocenters. The quantitative estimate of drug-likeness (QED) is 0.807. The van der Waals surface area contributed by atoms with Crippen LogP contribution in [-0.2, 0) is 10.2 Å². The molecule has 6 heteroatoms. The Labute approximate surface area is 154 Å². The van der Waals surface area contributed by atoms with Crippen molar-refractivity contribution in [1.82, 2.24) is 9.97 Å². The van der Waals surface area contributed by atoms with Gasteiger partial charge in [0.25, 0.3) is 0 Å².